The zero-order chi connectivity index (χ0) is 13.8. The van der Waals surface area contributed by atoms with Crippen LogP contribution in [0.15, 0.2) is 0 Å². The number of hydrogen-bond donors (Lipinski definition) is 2. The molecule has 0 saturated carbocycles. The highest BCUT2D eigenvalue weighted by Crippen LogP contribution is 2.19. The standard InChI is InChI=1S/C12H27N3O2S/c1-11(2)9-12(3,10-13)14-18(16,17)15-7-5-4-6-8-15/h11,14H,4-10,13H2,1-3H3/t12-/m0/s1. The molecule has 108 valence electrons. The summed E-state index contributed by atoms with van der Waals surface area (Å²) in [6, 6.07) is 0. The number of nitrogens with one attached hydrogen (secondary N) is 1. The molecule has 0 unspecified atom stereocenters. The smallest absolute Gasteiger partial charge is 0.279 e. The highest BCUT2D eigenvalue weighted by Gasteiger charge is 2.33. The van der Waals surface area contributed by atoms with Crippen molar-refractivity contribution in [1.29, 1.82) is 0 Å². The quantitative estimate of drug-likeness (QED) is 0.762. The van der Waals surface area contributed by atoms with Crippen molar-refractivity contribution < 1.29 is 8.42 Å². The maximum absolute atomic E-state index is 12.3. The number of rotatable bonds is 6. The molecule has 0 radical (unpaired) electrons. The molecule has 1 saturated heterocycles. The van der Waals surface area contributed by atoms with Gasteiger partial charge in [-0.15, -0.1) is 0 Å². The highest BCUT2D eigenvalue weighted by atomic mass is 32.2. The molecular weight excluding hydrogens is 250 g/mol. The summed E-state index contributed by atoms with van der Waals surface area (Å²) in [6.07, 6.45) is 3.76. The molecule has 1 fully saturated rings. The minimum absolute atomic E-state index is 0.318. The van der Waals surface area contributed by atoms with Crippen LogP contribution in [0.5, 0.6) is 0 Å². The summed E-state index contributed by atoms with van der Waals surface area (Å²) in [5.74, 6) is 0.405. The molecule has 18 heavy (non-hydrogen) atoms. The Hall–Kier alpha value is -0.170. The molecule has 5 nitrogen and oxygen atoms in total. The van der Waals surface area contributed by atoms with E-state index in [4.69, 9.17) is 5.73 Å². The molecule has 0 aromatic heterocycles. The molecule has 0 spiro atoms. The topological polar surface area (TPSA) is 75.4 Å². The van der Waals surface area contributed by atoms with E-state index >= 15 is 0 Å². The summed E-state index contributed by atoms with van der Waals surface area (Å²) >= 11 is 0. The maximum atomic E-state index is 12.3. The Bertz CT molecular complexity index is 350. The van der Waals surface area contributed by atoms with Gasteiger partial charge in [-0.05, 0) is 32.1 Å². The highest BCUT2D eigenvalue weighted by molar-refractivity contribution is 7.87. The Morgan fingerprint density at radius 3 is 2.28 bits per heavy atom. The fraction of sp³-hybridized carbons (Fsp3) is 1.00. The van der Waals surface area contributed by atoms with E-state index in [0.717, 1.165) is 25.7 Å². The van der Waals surface area contributed by atoms with Crippen LogP contribution in [0.4, 0.5) is 0 Å². The molecule has 3 N–H and O–H groups in total. The van der Waals surface area contributed by atoms with Crippen molar-refractivity contribution in [3.05, 3.63) is 0 Å². The average molecular weight is 277 g/mol. The first-order chi connectivity index (χ1) is 8.29. The molecule has 1 atom stereocenters. The molecular formula is C12H27N3O2S. The summed E-state index contributed by atoms with van der Waals surface area (Å²) in [7, 11) is -3.40. The van der Waals surface area contributed by atoms with Crippen LogP contribution in [0.1, 0.15) is 46.5 Å². The fourth-order valence-corrected chi connectivity index (χ4v) is 4.21. The van der Waals surface area contributed by atoms with Gasteiger partial charge in [-0.3, -0.25) is 0 Å². The Morgan fingerprint density at radius 1 is 1.28 bits per heavy atom. The Morgan fingerprint density at radius 2 is 1.83 bits per heavy atom. The van der Waals surface area contributed by atoms with Crippen LogP contribution in [-0.4, -0.2) is 37.9 Å². The maximum Gasteiger partial charge on any atom is 0.279 e. The summed E-state index contributed by atoms with van der Waals surface area (Å²) in [6.45, 7) is 7.59. The lowest BCUT2D eigenvalue weighted by Gasteiger charge is -2.34. The lowest BCUT2D eigenvalue weighted by atomic mass is 9.92. The molecule has 1 heterocycles. The van der Waals surface area contributed by atoms with E-state index in [0.29, 0.717) is 25.6 Å². The van der Waals surface area contributed by atoms with Gasteiger partial charge in [-0.25, -0.2) is 0 Å². The normalized spacial score (nSPS) is 22.1. The lowest BCUT2D eigenvalue weighted by Crippen LogP contribution is -2.56. The molecule has 0 aliphatic carbocycles. The summed E-state index contributed by atoms with van der Waals surface area (Å²) < 4.78 is 28.9. The van der Waals surface area contributed by atoms with Crippen LogP contribution in [0.3, 0.4) is 0 Å². The number of piperidine rings is 1. The molecule has 1 aliphatic heterocycles. The summed E-state index contributed by atoms with van der Waals surface area (Å²) in [5.41, 5.74) is 5.20. The number of hydrogen-bond acceptors (Lipinski definition) is 3. The first-order valence-corrected chi connectivity index (χ1v) is 8.22. The van der Waals surface area contributed by atoms with E-state index in [2.05, 4.69) is 18.6 Å². The van der Waals surface area contributed by atoms with E-state index in [1.165, 1.54) is 0 Å². The second kappa shape index (κ2) is 6.32. The zero-order valence-corrected chi connectivity index (χ0v) is 12.6. The molecule has 6 heteroatoms. The van der Waals surface area contributed by atoms with Gasteiger partial charge in [0, 0.05) is 25.2 Å². The number of nitrogens with two attached hydrogens (primary N) is 1. The first-order valence-electron chi connectivity index (χ1n) is 6.78. The molecule has 0 amide bonds. The van der Waals surface area contributed by atoms with Crippen LogP contribution in [0, 0.1) is 5.92 Å². The van der Waals surface area contributed by atoms with Gasteiger partial charge in [-0.2, -0.15) is 17.4 Å². The lowest BCUT2D eigenvalue weighted by molar-refractivity contribution is 0.306. The Balaban J connectivity index is 2.72. The van der Waals surface area contributed by atoms with E-state index in [-0.39, 0.29) is 0 Å². The van der Waals surface area contributed by atoms with Crippen molar-refractivity contribution in [2.45, 2.75) is 52.0 Å². The Labute approximate surface area is 111 Å². The monoisotopic (exact) mass is 277 g/mol. The van der Waals surface area contributed by atoms with Crippen LogP contribution >= 0.6 is 0 Å². The predicted octanol–water partition coefficient (Wildman–Crippen LogP) is 1.07. The summed E-state index contributed by atoms with van der Waals surface area (Å²) in [4.78, 5) is 0. The van der Waals surface area contributed by atoms with Gasteiger partial charge in [0.2, 0.25) is 0 Å². The van der Waals surface area contributed by atoms with Crippen LogP contribution < -0.4 is 10.5 Å². The minimum Gasteiger partial charge on any atom is -0.329 e. The third-order valence-corrected chi connectivity index (χ3v) is 5.14. The van der Waals surface area contributed by atoms with Crippen LogP contribution in [0.2, 0.25) is 0 Å². The molecule has 1 rings (SSSR count). The summed E-state index contributed by atoms with van der Waals surface area (Å²) in [5, 5.41) is 0. The minimum atomic E-state index is -3.40. The first kappa shape index (κ1) is 15.9. The molecule has 1 aliphatic rings. The van der Waals surface area contributed by atoms with Crippen LogP contribution in [-0.2, 0) is 10.2 Å². The largest absolute Gasteiger partial charge is 0.329 e. The van der Waals surface area contributed by atoms with Gasteiger partial charge in [0.1, 0.15) is 0 Å². The van der Waals surface area contributed by atoms with Gasteiger partial charge in [-0.1, -0.05) is 20.3 Å². The average Bonchev–Trinajstić information content (AvgIpc) is 2.28. The van der Waals surface area contributed by atoms with E-state index in [1.54, 1.807) is 4.31 Å². The van der Waals surface area contributed by atoms with Gasteiger partial charge in [0.05, 0.1) is 0 Å². The predicted molar refractivity (Wildman–Crippen MR) is 74.4 cm³/mol. The molecule has 0 aromatic carbocycles. The van der Waals surface area contributed by atoms with Gasteiger partial charge >= 0.3 is 0 Å². The van der Waals surface area contributed by atoms with Crippen molar-refractivity contribution in [3.63, 3.8) is 0 Å². The van der Waals surface area contributed by atoms with Gasteiger partial charge in [0.25, 0.3) is 10.2 Å². The molecule has 0 aromatic rings. The van der Waals surface area contributed by atoms with E-state index < -0.39 is 15.7 Å². The van der Waals surface area contributed by atoms with Crippen LogP contribution in [0.25, 0.3) is 0 Å². The van der Waals surface area contributed by atoms with Crippen molar-refractivity contribution in [1.82, 2.24) is 9.03 Å². The fourth-order valence-electron chi connectivity index (χ4n) is 2.55. The third-order valence-electron chi connectivity index (χ3n) is 3.34. The van der Waals surface area contributed by atoms with Gasteiger partial charge < -0.3 is 5.73 Å². The van der Waals surface area contributed by atoms with Gasteiger partial charge in [0.15, 0.2) is 0 Å². The third kappa shape index (κ3) is 4.50. The second-order valence-electron chi connectivity index (χ2n) is 5.93. The number of nitrogens with zero attached hydrogens (tertiary/aromatic N) is 1. The van der Waals surface area contributed by atoms with E-state index in [9.17, 15) is 8.42 Å². The van der Waals surface area contributed by atoms with Crippen molar-refractivity contribution in [2.75, 3.05) is 19.6 Å². The zero-order valence-electron chi connectivity index (χ0n) is 11.8. The van der Waals surface area contributed by atoms with E-state index in [1.807, 2.05) is 6.92 Å². The second-order valence-corrected chi connectivity index (χ2v) is 7.60. The SMILES string of the molecule is CC(C)C[C@@](C)(CN)NS(=O)(=O)N1CCCCC1. The Kier molecular flexibility index (Phi) is 5.58. The van der Waals surface area contributed by atoms with Crippen molar-refractivity contribution in [2.24, 2.45) is 11.7 Å². The van der Waals surface area contributed by atoms with Crippen molar-refractivity contribution in [3.8, 4) is 0 Å². The van der Waals surface area contributed by atoms with Crippen molar-refractivity contribution >= 4 is 10.2 Å². The molecule has 0 bridgehead atoms.